The van der Waals surface area contributed by atoms with Crippen LogP contribution in [-0.4, -0.2) is 49.7 Å². The fraction of sp³-hybridized carbons (Fsp3) is 0.269. The lowest BCUT2D eigenvalue weighted by Gasteiger charge is -2.17. The Bertz CT molecular complexity index is 1420. The number of carbonyl (C=O) groups is 1. The molecule has 0 unspecified atom stereocenters. The van der Waals surface area contributed by atoms with E-state index in [1.165, 1.54) is 0 Å². The van der Waals surface area contributed by atoms with Crippen LogP contribution in [0.1, 0.15) is 39.0 Å². The summed E-state index contributed by atoms with van der Waals surface area (Å²) in [7, 11) is 5.30. The van der Waals surface area contributed by atoms with Gasteiger partial charge in [0, 0.05) is 43.7 Å². The average Bonchev–Trinajstić information content (AvgIpc) is 3.35. The van der Waals surface area contributed by atoms with Gasteiger partial charge in [0.15, 0.2) is 5.75 Å². The molecule has 0 aliphatic carbocycles. The first-order valence-electron chi connectivity index (χ1n) is 11.4. The second-order valence-electron chi connectivity index (χ2n) is 8.75. The molecule has 178 valence electrons. The molecule has 1 aliphatic rings. The molecule has 1 amide bonds. The zero-order valence-corrected chi connectivity index (χ0v) is 20.5. The van der Waals surface area contributed by atoms with Crippen LogP contribution in [0.2, 0.25) is 0 Å². The third kappa shape index (κ3) is 4.32. The maximum absolute atomic E-state index is 13.0. The predicted molar refractivity (Wildman–Crippen MR) is 133 cm³/mol. The Labute approximate surface area is 203 Å². The minimum Gasteiger partial charge on any atom is -0.494 e. The highest BCUT2D eigenvalue weighted by atomic mass is 16.5. The number of nitrogens with zero attached hydrogens (tertiary/aromatic N) is 6. The molecule has 1 aliphatic heterocycles. The molecule has 0 radical (unpaired) electrons. The summed E-state index contributed by atoms with van der Waals surface area (Å²) in [5.41, 5.74) is 7.06. The van der Waals surface area contributed by atoms with Gasteiger partial charge in [0.25, 0.3) is 5.91 Å². The third-order valence-electron chi connectivity index (χ3n) is 5.95. The number of rotatable bonds is 6. The number of anilines is 2. The largest absolute Gasteiger partial charge is 0.494 e. The minimum atomic E-state index is -0.0601. The van der Waals surface area contributed by atoms with Gasteiger partial charge in [-0.3, -0.25) is 14.5 Å². The smallest absolute Gasteiger partial charge is 0.257 e. The topological polar surface area (TPSA) is 98.1 Å². The highest BCUT2D eigenvalue weighted by molar-refractivity contribution is 6.03. The van der Waals surface area contributed by atoms with E-state index < -0.39 is 0 Å². The van der Waals surface area contributed by atoms with Crippen LogP contribution in [-0.2, 0) is 20.0 Å². The Morgan fingerprint density at radius 1 is 1.03 bits per heavy atom. The minimum absolute atomic E-state index is 0.0601. The Morgan fingerprint density at radius 3 is 2.54 bits per heavy atom. The summed E-state index contributed by atoms with van der Waals surface area (Å²) in [6, 6.07) is 11.7. The van der Waals surface area contributed by atoms with Gasteiger partial charge in [0.05, 0.1) is 47.7 Å². The number of aryl methyl sites for hydroxylation is 3. The highest BCUT2D eigenvalue weighted by Gasteiger charge is 2.30. The molecule has 0 spiro atoms. The monoisotopic (exact) mass is 469 g/mol. The van der Waals surface area contributed by atoms with E-state index in [4.69, 9.17) is 9.72 Å². The van der Waals surface area contributed by atoms with E-state index in [0.717, 1.165) is 45.5 Å². The van der Waals surface area contributed by atoms with Crippen molar-refractivity contribution in [3.63, 3.8) is 0 Å². The zero-order chi connectivity index (χ0) is 24.7. The first-order valence-corrected chi connectivity index (χ1v) is 11.4. The van der Waals surface area contributed by atoms with Crippen LogP contribution in [0.4, 0.5) is 11.4 Å². The van der Waals surface area contributed by atoms with E-state index in [1.54, 1.807) is 23.7 Å². The van der Waals surface area contributed by atoms with Crippen molar-refractivity contribution < 1.29 is 9.53 Å². The number of methoxy groups -OCH3 is 1. The highest BCUT2D eigenvalue weighted by Crippen LogP contribution is 2.39. The Balaban J connectivity index is 1.57. The van der Waals surface area contributed by atoms with Crippen molar-refractivity contribution >= 4 is 17.3 Å². The predicted octanol–water partition coefficient (Wildman–Crippen LogP) is 3.82. The Morgan fingerprint density at radius 2 is 1.83 bits per heavy atom. The van der Waals surface area contributed by atoms with E-state index in [-0.39, 0.29) is 5.91 Å². The van der Waals surface area contributed by atoms with Crippen LogP contribution in [0, 0.1) is 13.8 Å². The summed E-state index contributed by atoms with van der Waals surface area (Å²) in [6.07, 6.45) is 2.43. The van der Waals surface area contributed by atoms with Crippen molar-refractivity contribution in [1.29, 1.82) is 0 Å². The van der Waals surface area contributed by atoms with Gasteiger partial charge in [-0.25, -0.2) is 9.97 Å². The van der Waals surface area contributed by atoms with Crippen molar-refractivity contribution in [1.82, 2.24) is 29.6 Å². The molecule has 0 saturated heterocycles. The lowest BCUT2D eigenvalue weighted by atomic mass is 10.1. The molecule has 4 aromatic rings. The normalized spacial score (nSPS) is 12.7. The summed E-state index contributed by atoms with van der Waals surface area (Å²) in [4.78, 5) is 28.4. The van der Waals surface area contributed by atoms with Crippen LogP contribution >= 0.6 is 0 Å². The molecule has 9 nitrogen and oxygen atoms in total. The van der Waals surface area contributed by atoms with Crippen LogP contribution in [0.5, 0.6) is 5.75 Å². The van der Waals surface area contributed by atoms with E-state index in [9.17, 15) is 4.79 Å². The van der Waals surface area contributed by atoms with E-state index in [1.807, 2.05) is 63.5 Å². The number of benzene rings is 1. The first-order chi connectivity index (χ1) is 16.8. The number of pyridine rings is 1. The molecule has 35 heavy (non-hydrogen) atoms. The fourth-order valence-electron chi connectivity index (χ4n) is 4.52. The average molecular weight is 470 g/mol. The van der Waals surface area contributed by atoms with Crippen molar-refractivity contribution in [2.75, 3.05) is 19.5 Å². The van der Waals surface area contributed by atoms with E-state index >= 15 is 0 Å². The summed E-state index contributed by atoms with van der Waals surface area (Å²) in [5.74, 6) is 1.32. The van der Waals surface area contributed by atoms with E-state index in [2.05, 4.69) is 20.4 Å². The number of nitrogens with one attached hydrogen (secondary N) is 1. The number of para-hydroxylation sites is 1. The van der Waals surface area contributed by atoms with Gasteiger partial charge in [-0.1, -0.05) is 6.07 Å². The molecule has 3 aromatic heterocycles. The summed E-state index contributed by atoms with van der Waals surface area (Å²) < 4.78 is 7.54. The molecule has 5 rings (SSSR count). The van der Waals surface area contributed by atoms with Crippen LogP contribution < -0.4 is 10.1 Å². The van der Waals surface area contributed by atoms with Gasteiger partial charge in [0.1, 0.15) is 5.82 Å². The Kier molecular flexibility index (Phi) is 5.68. The number of carbonyl (C=O) groups excluding carboxylic acids is 1. The van der Waals surface area contributed by atoms with Gasteiger partial charge in [-0.2, -0.15) is 5.10 Å². The standard InChI is InChI=1S/C26H27N7O2/c1-15-11-17(28-16(2)27-15)12-18-13-22(24-23(29-18)14-32(3)26(24)34)30-21-8-6-7-19(25(21)35-5)20-9-10-33(4)31-20/h6-11,13H,12,14H2,1-5H3,(H,29,30). The van der Waals surface area contributed by atoms with Gasteiger partial charge in [-0.15, -0.1) is 0 Å². The lowest BCUT2D eigenvalue weighted by molar-refractivity contribution is 0.0817. The molecule has 1 aromatic carbocycles. The molecule has 4 heterocycles. The van der Waals surface area contributed by atoms with Gasteiger partial charge >= 0.3 is 0 Å². The second kappa shape index (κ2) is 8.83. The Hall–Kier alpha value is -4.27. The second-order valence-corrected chi connectivity index (χ2v) is 8.75. The molecule has 9 heteroatoms. The maximum Gasteiger partial charge on any atom is 0.257 e. The number of amides is 1. The number of fused-ring (bicyclic) bond motifs is 1. The van der Waals surface area contributed by atoms with Crippen molar-refractivity contribution in [2.24, 2.45) is 7.05 Å². The molecular formula is C26H27N7O2. The van der Waals surface area contributed by atoms with Crippen molar-refractivity contribution in [3.8, 4) is 17.0 Å². The molecule has 0 atom stereocenters. The molecule has 0 saturated carbocycles. The van der Waals surface area contributed by atoms with Crippen molar-refractivity contribution in [3.05, 3.63) is 76.8 Å². The summed E-state index contributed by atoms with van der Waals surface area (Å²) >= 11 is 0. The first kappa shape index (κ1) is 22.5. The number of hydrogen-bond acceptors (Lipinski definition) is 7. The molecule has 1 N–H and O–H groups in total. The van der Waals surface area contributed by atoms with Crippen molar-refractivity contribution in [2.45, 2.75) is 26.8 Å². The van der Waals surface area contributed by atoms with Gasteiger partial charge in [-0.05, 0) is 44.2 Å². The number of aromatic nitrogens is 5. The van der Waals surface area contributed by atoms with Crippen LogP contribution in [0.3, 0.4) is 0 Å². The van der Waals surface area contributed by atoms with Crippen LogP contribution in [0.25, 0.3) is 11.3 Å². The summed E-state index contributed by atoms with van der Waals surface area (Å²) in [6.45, 7) is 4.30. The fourth-order valence-corrected chi connectivity index (χ4v) is 4.52. The van der Waals surface area contributed by atoms with Crippen LogP contribution in [0.15, 0.2) is 42.6 Å². The number of hydrogen-bond donors (Lipinski definition) is 1. The SMILES string of the molecule is COc1c(Nc2cc(Cc3cc(C)nc(C)n3)nc3c2C(=O)N(C)C3)cccc1-c1ccn(C)n1. The molecular weight excluding hydrogens is 442 g/mol. The maximum atomic E-state index is 13.0. The third-order valence-corrected chi connectivity index (χ3v) is 5.95. The molecule has 0 fully saturated rings. The summed E-state index contributed by atoms with van der Waals surface area (Å²) in [5, 5.41) is 7.98. The molecule has 0 bridgehead atoms. The van der Waals surface area contributed by atoms with Gasteiger partial charge < -0.3 is 15.0 Å². The number of ether oxygens (including phenoxy) is 1. The lowest BCUT2D eigenvalue weighted by Crippen LogP contribution is -2.18. The quantitative estimate of drug-likeness (QED) is 0.458. The van der Waals surface area contributed by atoms with E-state index in [0.29, 0.717) is 30.0 Å². The zero-order valence-electron chi connectivity index (χ0n) is 20.5. The van der Waals surface area contributed by atoms with Gasteiger partial charge in [0.2, 0.25) is 0 Å².